The van der Waals surface area contributed by atoms with Gasteiger partial charge in [0.1, 0.15) is 0 Å². The molecule has 0 aliphatic heterocycles. The molecule has 0 fully saturated rings. The van der Waals surface area contributed by atoms with E-state index in [0.717, 1.165) is 39.2 Å². The van der Waals surface area contributed by atoms with Gasteiger partial charge in [-0.15, -0.1) is 11.3 Å². The number of nitrogens with one attached hydrogen (secondary N) is 1. The number of thiazole rings is 1. The molecule has 7 heteroatoms. The third kappa shape index (κ3) is 5.30. The Hall–Kier alpha value is -2.38. The van der Waals surface area contributed by atoms with Gasteiger partial charge in [-0.25, -0.2) is 9.79 Å². The molecule has 1 amide bonds. The second-order valence-corrected chi connectivity index (χ2v) is 7.53. The minimum Gasteiger partial charge on any atom is -0.453 e. The topological polar surface area (TPSA) is 55.6 Å². The standard InChI is InChI=1S/C20H20BrN3O2S/c1-26-20(25)22-12-5-13-24-18(15-8-10-16(21)11-9-15)14-27-19(24)23-17-6-3-2-4-7-17/h2-4,6-11,14H,5,12-13H2,1H3,(H,22,25). The van der Waals surface area contributed by atoms with Crippen LogP contribution in [0.3, 0.4) is 0 Å². The Morgan fingerprint density at radius 3 is 2.63 bits per heavy atom. The molecule has 1 aromatic heterocycles. The molecule has 0 saturated heterocycles. The highest BCUT2D eigenvalue weighted by Gasteiger charge is 2.09. The van der Waals surface area contributed by atoms with Crippen LogP contribution in [0.5, 0.6) is 0 Å². The molecule has 3 rings (SSSR count). The minimum absolute atomic E-state index is 0.410. The normalized spacial score (nSPS) is 11.4. The van der Waals surface area contributed by atoms with Gasteiger partial charge in [0, 0.05) is 22.9 Å². The number of carbonyl (C=O) groups excluding carboxylic acids is 1. The van der Waals surface area contributed by atoms with E-state index in [1.165, 1.54) is 7.11 Å². The van der Waals surface area contributed by atoms with Crippen LogP contribution < -0.4 is 10.1 Å². The summed E-state index contributed by atoms with van der Waals surface area (Å²) in [6.45, 7) is 1.28. The summed E-state index contributed by atoms with van der Waals surface area (Å²) in [6, 6.07) is 18.1. The Bertz CT molecular complexity index is 949. The summed E-state index contributed by atoms with van der Waals surface area (Å²) in [5.41, 5.74) is 3.16. The molecular weight excluding hydrogens is 426 g/mol. The highest BCUT2D eigenvalue weighted by molar-refractivity contribution is 9.10. The molecule has 27 heavy (non-hydrogen) atoms. The number of hydrogen-bond acceptors (Lipinski definition) is 4. The number of amides is 1. The van der Waals surface area contributed by atoms with E-state index in [-0.39, 0.29) is 0 Å². The summed E-state index contributed by atoms with van der Waals surface area (Å²) >= 11 is 5.09. The van der Waals surface area contributed by atoms with Crippen molar-refractivity contribution >= 4 is 39.0 Å². The average Bonchev–Trinajstić information content (AvgIpc) is 3.08. The van der Waals surface area contributed by atoms with Gasteiger partial charge >= 0.3 is 6.09 Å². The zero-order chi connectivity index (χ0) is 19.1. The predicted molar refractivity (Wildman–Crippen MR) is 112 cm³/mol. The molecular formula is C20H20BrN3O2S. The van der Waals surface area contributed by atoms with Gasteiger partial charge in [-0.05, 0) is 36.2 Å². The van der Waals surface area contributed by atoms with Crippen molar-refractivity contribution in [3.8, 4) is 11.3 Å². The van der Waals surface area contributed by atoms with Crippen LogP contribution in [0.1, 0.15) is 6.42 Å². The summed E-state index contributed by atoms with van der Waals surface area (Å²) in [5, 5.41) is 4.85. The van der Waals surface area contributed by atoms with Crippen molar-refractivity contribution in [2.75, 3.05) is 13.7 Å². The summed E-state index contributed by atoms with van der Waals surface area (Å²) in [4.78, 5) is 17.0. The van der Waals surface area contributed by atoms with Crippen molar-refractivity contribution in [3.63, 3.8) is 0 Å². The van der Waals surface area contributed by atoms with E-state index in [0.29, 0.717) is 6.54 Å². The second kappa shape index (κ2) is 9.53. The number of hydrogen-bond donors (Lipinski definition) is 1. The van der Waals surface area contributed by atoms with Crippen LogP contribution in [0.4, 0.5) is 10.5 Å². The molecule has 0 radical (unpaired) electrons. The van der Waals surface area contributed by atoms with Crippen LogP contribution in [0.25, 0.3) is 11.3 Å². The van der Waals surface area contributed by atoms with Crippen molar-refractivity contribution in [3.05, 3.63) is 69.3 Å². The highest BCUT2D eigenvalue weighted by atomic mass is 79.9. The Balaban J connectivity index is 1.90. The predicted octanol–water partition coefficient (Wildman–Crippen LogP) is 4.96. The minimum atomic E-state index is -0.410. The largest absolute Gasteiger partial charge is 0.453 e. The average molecular weight is 446 g/mol. The molecule has 0 atom stereocenters. The molecule has 1 N–H and O–H groups in total. The molecule has 0 aliphatic carbocycles. The van der Waals surface area contributed by atoms with Gasteiger partial charge in [0.25, 0.3) is 0 Å². The summed E-state index contributed by atoms with van der Waals surface area (Å²) in [6.07, 6.45) is 0.366. The van der Waals surface area contributed by atoms with E-state index in [9.17, 15) is 4.79 Å². The van der Waals surface area contributed by atoms with Crippen LogP contribution >= 0.6 is 27.3 Å². The Kier molecular flexibility index (Phi) is 6.84. The number of aromatic nitrogens is 1. The van der Waals surface area contributed by atoms with E-state index in [4.69, 9.17) is 4.99 Å². The maximum Gasteiger partial charge on any atom is 0.406 e. The fourth-order valence-corrected chi connectivity index (χ4v) is 3.82. The first kappa shape index (κ1) is 19.4. The molecule has 5 nitrogen and oxygen atoms in total. The summed E-state index contributed by atoms with van der Waals surface area (Å²) < 4.78 is 7.86. The molecule has 2 aromatic carbocycles. The Labute approximate surface area is 170 Å². The van der Waals surface area contributed by atoms with Crippen molar-refractivity contribution in [1.29, 1.82) is 0 Å². The number of ether oxygens (including phenoxy) is 1. The first-order valence-corrected chi connectivity index (χ1v) is 10.2. The first-order chi connectivity index (χ1) is 13.2. The van der Waals surface area contributed by atoms with Gasteiger partial charge in [-0.2, -0.15) is 0 Å². The van der Waals surface area contributed by atoms with E-state index < -0.39 is 6.09 Å². The smallest absolute Gasteiger partial charge is 0.406 e. The van der Waals surface area contributed by atoms with E-state index in [2.05, 4.69) is 48.1 Å². The number of rotatable bonds is 6. The zero-order valence-corrected chi connectivity index (χ0v) is 17.3. The van der Waals surface area contributed by atoms with Crippen LogP contribution in [-0.4, -0.2) is 24.3 Å². The van der Waals surface area contributed by atoms with Crippen LogP contribution in [0, 0.1) is 0 Å². The molecule has 0 aliphatic rings. The van der Waals surface area contributed by atoms with Crippen molar-refractivity contribution in [2.45, 2.75) is 13.0 Å². The first-order valence-electron chi connectivity index (χ1n) is 8.53. The molecule has 0 bridgehead atoms. The van der Waals surface area contributed by atoms with Crippen molar-refractivity contribution in [1.82, 2.24) is 9.88 Å². The van der Waals surface area contributed by atoms with Gasteiger partial charge in [-0.1, -0.05) is 46.3 Å². The number of methoxy groups -OCH3 is 1. The number of nitrogens with zero attached hydrogens (tertiary/aromatic N) is 2. The molecule has 1 heterocycles. The lowest BCUT2D eigenvalue weighted by molar-refractivity contribution is 0.171. The van der Waals surface area contributed by atoms with Crippen LogP contribution in [-0.2, 0) is 11.3 Å². The van der Waals surface area contributed by atoms with Crippen LogP contribution in [0.15, 0.2) is 69.4 Å². The SMILES string of the molecule is COC(=O)NCCCn1c(-c2ccc(Br)cc2)csc1=Nc1ccccc1. The van der Waals surface area contributed by atoms with Gasteiger partial charge in [0.05, 0.1) is 18.5 Å². The molecule has 3 aromatic rings. The third-order valence-electron chi connectivity index (χ3n) is 3.93. The monoisotopic (exact) mass is 445 g/mol. The van der Waals surface area contributed by atoms with Crippen LogP contribution in [0.2, 0.25) is 0 Å². The lowest BCUT2D eigenvalue weighted by Crippen LogP contribution is -2.26. The molecule has 140 valence electrons. The maximum absolute atomic E-state index is 11.2. The maximum atomic E-state index is 11.2. The number of halogens is 1. The number of carbonyl (C=O) groups is 1. The lowest BCUT2D eigenvalue weighted by Gasteiger charge is -2.10. The number of benzene rings is 2. The molecule has 0 spiro atoms. The van der Waals surface area contributed by atoms with Gasteiger partial charge in [0.15, 0.2) is 4.80 Å². The fourth-order valence-electron chi connectivity index (χ4n) is 2.60. The van der Waals surface area contributed by atoms with E-state index >= 15 is 0 Å². The fraction of sp³-hybridized carbons (Fsp3) is 0.200. The second-order valence-electron chi connectivity index (χ2n) is 5.78. The Morgan fingerprint density at radius 2 is 1.93 bits per heavy atom. The van der Waals surface area contributed by atoms with Gasteiger partial charge < -0.3 is 14.6 Å². The summed E-state index contributed by atoms with van der Waals surface area (Å²) in [5.74, 6) is 0. The quantitative estimate of drug-likeness (QED) is 0.545. The third-order valence-corrected chi connectivity index (χ3v) is 5.32. The van der Waals surface area contributed by atoms with E-state index in [1.54, 1.807) is 11.3 Å². The highest BCUT2D eigenvalue weighted by Crippen LogP contribution is 2.23. The number of alkyl carbamates (subject to hydrolysis) is 1. The van der Waals surface area contributed by atoms with Crippen molar-refractivity contribution in [2.24, 2.45) is 4.99 Å². The van der Waals surface area contributed by atoms with E-state index in [1.807, 2.05) is 42.5 Å². The lowest BCUT2D eigenvalue weighted by atomic mass is 10.2. The molecule has 0 saturated carbocycles. The number of para-hydroxylation sites is 1. The zero-order valence-electron chi connectivity index (χ0n) is 14.9. The Morgan fingerprint density at radius 1 is 1.19 bits per heavy atom. The van der Waals surface area contributed by atoms with Gasteiger partial charge in [0.2, 0.25) is 0 Å². The molecule has 0 unspecified atom stereocenters. The van der Waals surface area contributed by atoms with Gasteiger partial charge in [-0.3, -0.25) is 0 Å². The summed E-state index contributed by atoms with van der Waals surface area (Å²) in [7, 11) is 1.37. The van der Waals surface area contributed by atoms with Crippen molar-refractivity contribution < 1.29 is 9.53 Å².